The molecule has 0 saturated carbocycles. The van der Waals surface area contributed by atoms with Gasteiger partial charge < -0.3 is 53.2 Å². The van der Waals surface area contributed by atoms with E-state index in [9.17, 15) is 57.8 Å². The molecular weight excluding hydrogens is 1770 g/mol. The summed E-state index contributed by atoms with van der Waals surface area (Å²) >= 11 is 2.94. The Labute approximate surface area is 786 Å². The van der Waals surface area contributed by atoms with Crippen LogP contribution in [-0.2, 0) is 127 Å². The van der Waals surface area contributed by atoms with Gasteiger partial charge in [0.25, 0.3) is 0 Å². The van der Waals surface area contributed by atoms with Gasteiger partial charge >= 0.3 is 35.8 Å². The molecule has 5 aliphatic carbocycles. The largest absolute Gasteiger partial charge is 0.478 e. The Balaban J connectivity index is 0.000000215. The maximum Gasteiger partial charge on any atom is 0.335 e. The van der Waals surface area contributed by atoms with Gasteiger partial charge in [0.15, 0.2) is 34.7 Å². The summed E-state index contributed by atoms with van der Waals surface area (Å²) in [5, 5.41) is 28.9. The minimum Gasteiger partial charge on any atom is -0.478 e. The van der Waals surface area contributed by atoms with Crippen molar-refractivity contribution in [1.29, 1.82) is 0 Å². The Kier molecular flexibility index (Phi) is 38.4. The molecule has 1 unspecified atom stereocenters. The first-order chi connectivity index (χ1) is 60.8. The van der Waals surface area contributed by atoms with Crippen LogP contribution >= 0.6 is 15.9 Å². The zero-order valence-corrected chi connectivity index (χ0v) is 83.3. The number of carbonyl (C=O) groups is 11. The Hall–Kier alpha value is -10.2. The number of aldehydes is 1. The number of carbonyl (C=O) groups excluding carboxylic acids is 9. The van der Waals surface area contributed by atoms with Crippen LogP contribution in [0.4, 0.5) is 0 Å². The van der Waals surface area contributed by atoms with Gasteiger partial charge in [-0.2, -0.15) is 0 Å². The molecule has 22 nitrogen and oxygen atoms in total. The Morgan fingerprint density at radius 3 is 1.24 bits per heavy atom. The van der Waals surface area contributed by atoms with E-state index in [-0.39, 0.29) is 118 Å². The van der Waals surface area contributed by atoms with Crippen LogP contribution in [0, 0.1) is 0 Å². The van der Waals surface area contributed by atoms with Gasteiger partial charge in [-0.3, -0.25) is 43.2 Å². The van der Waals surface area contributed by atoms with E-state index in [1.807, 2.05) is 81.4 Å². The third-order valence-electron chi connectivity index (χ3n) is 24.6. The van der Waals surface area contributed by atoms with E-state index in [1.54, 1.807) is 52.0 Å². The quantitative estimate of drug-likeness (QED) is 0.0114. The Morgan fingerprint density at radius 1 is 0.423 bits per heavy atom. The fourth-order valence-electron chi connectivity index (χ4n) is 16.5. The first-order valence-corrected chi connectivity index (χ1v) is 45.4. The van der Waals surface area contributed by atoms with Crippen molar-refractivity contribution in [1.82, 2.24) is 0 Å². The number of aliphatic hydroxyl groups is 1. The number of fused-ring (bicyclic) bond motifs is 5. The van der Waals surface area contributed by atoms with Gasteiger partial charge in [-0.05, 0) is 242 Å². The molecule has 1 atom stereocenters. The van der Waals surface area contributed by atoms with Crippen molar-refractivity contribution in [2.45, 2.75) is 246 Å². The summed E-state index contributed by atoms with van der Waals surface area (Å²) < 4.78 is 42.7. The molecule has 3 N–H and O–H groups in total. The molecule has 130 heavy (non-hydrogen) atoms. The smallest absolute Gasteiger partial charge is 0.335 e. The number of Topliss-reactive ketones (excluding diaryl/α,β-unsaturated/α-hetero) is 3. The molecule has 0 bridgehead atoms. The number of carboxylic acid groups (broad SMARTS) is 2. The number of ketones is 4. The van der Waals surface area contributed by atoms with Gasteiger partial charge in [0.2, 0.25) is 0 Å². The number of aryl methyl sites for hydroxylation is 1. The van der Waals surface area contributed by atoms with Crippen LogP contribution in [0.2, 0.25) is 0 Å². The molecular formula is C106H127BrO22Zn. The minimum absolute atomic E-state index is 0. The van der Waals surface area contributed by atoms with E-state index in [2.05, 4.69) is 133 Å². The van der Waals surface area contributed by atoms with Gasteiger partial charge in [0.05, 0.1) is 83.2 Å². The number of hydrogen-bond donors (Lipinski definition) is 3. The van der Waals surface area contributed by atoms with Crippen LogP contribution < -0.4 is 0 Å². The molecule has 7 aliphatic rings. The molecule has 2 saturated heterocycles. The van der Waals surface area contributed by atoms with Crippen molar-refractivity contribution in [2.24, 2.45) is 0 Å². The molecule has 24 heteroatoms. The Bertz CT molecular complexity index is 5340. The molecule has 692 valence electrons. The predicted octanol–water partition coefficient (Wildman–Crippen LogP) is 21.1. The second kappa shape index (κ2) is 46.8. The second-order valence-corrected chi connectivity index (χ2v) is 36.9. The van der Waals surface area contributed by atoms with E-state index in [4.69, 9.17) is 43.4 Å². The number of alkyl halides is 1. The summed E-state index contributed by atoms with van der Waals surface area (Å²) in [6.07, 6.45) is 15.7. The van der Waals surface area contributed by atoms with Gasteiger partial charge in [0, 0.05) is 71.3 Å². The third kappa shape index (κ3) is 28.0. The molecule has 2 fully saturated rings. The number of ether oxygens (including phenoxy) is 8. The Morgan fingerprint density at radius 2 is 0.808 bits per heavy atom. The number of aromatic carboxylic acids is 2. The average molecular weight is 1900 g/mol. The van der Waals surface area contributed by atoms with Crippen LogP contribution in [-0.4, -0.2) is 139 Å². The average Bonchev–Trinajstić information content (AvgIpc) is 1.09. The maximum absolute atomic E-state index is 12.8. The topological polar surface area (TPSA) is 322 Å². The van der Waals surface area contributed by atoms with Crippen molar-refractivity contribution < 1.29 is 125 Å². The van der Waals surface area contributed by atoms with Crippen LogP contribution in [0.3, 0.4) is 0 Å². The first-order valence-electron chi connectivity index (χ1n) is 44.3. The molecule has 14 rings (SSSR count). The molecule has 7 aromatic rings. The molecule has 2 heterocycles. The van der Waals surface area contributed by atoms with E-state index < -0.39 is 29.1 Å². The van der Waals surface area contributed by atoms with Crippen molar-refractivity contribution >= 4 is 98.4 Å². The monoisotopic (exact) mass is 1890 g/mol. The summed E-state index contributed by atoms with van der Waals surface area (Å²) in [6, 6.07) is 41.6. The summed E-state index contributed by atoms with van der Waals surface area (Å²) in [5.74, 6) is -3.92. The van der Waals surface area contributed by atoms with Crippen LogP contribution in [0.25, 0.3) is 17.2 Å². The summed E-state index contributed by atoms with van der Waals surface area (Å²) in [6.45, 7) is 40.4. The van der Waals surface area contributed by atoms with Crippen LogP contribution in [0.1, 0.15) is 335 Å². The summed E-state index contributed by atoms with van der Waals surface area (Å²) in [7, 11) is 0. The number of allylic oxidation sites excluding steroid dienone is 3. The van der Waals surface area contributed by atoms with Crippen molar-refractivity contribution in [3.63, 3.8) is 0 Å². The standard InChI is InChI=1S/C26H26O5.C20H28O5.C18H22O3.C16H20O3.C14H18O.C8H6O3.C4H7BrO2.Zn/c1-4-31-24(28)16-19-13-14-26(2,3)22-15-20(10-11-21(19)22)23(27)12-7-17-5-8-18(9-6-17)25(29)30;1-5-23-17(21)13-20(22)9-8-18(2,3)16-12-14(6-7-15(16)20)19(4)24-10-11-25-19;1-5-21-17(20)11-14-8-9-18(3,4)16-10-13(12(2)19)6-7-15(14)16;1-15(2)7-6-14(17)12-5-4-11(10-13(12)15)16(3)18-8-9-19-16;1-4-10-5-6-11-12(9-10)14(2,3)8-7-13(11)15;9-5-6-1-3-7(4-2-6)8(10)11;1-2-7-4(6)3-5;/h5-13,15H,4,14,16H2,1-3H3,(H,29,30);6-7,12,22H,5,8-11,13H2,1-4H3;6-8,10H,5,9,11H2,1-4H3;4-5,10H,6-9H2,1-3H3;5-6,9H,4,7-8H2,1-3H3;1-5H,(H,10,11);2-3H2,1H3;/b12-7+;;;;;;;. The fourth-order valence-corrected chi connectivity index (χ4v) is 16.7. The second-order valence-electron chi connectivity index (χ2n) is 36.3. The van der Waals surface area contributed by atoms with Crippen LogP contribution in [0.15, 0.2) is 158 Å². The zero-order valence-electron chi connectivity index (χ0n) is 78.7. The SMILES string of the molecule is CC1(C)CCC(=O)c2ccc(C3(C)OCCO3)cc21.CCOC(=O)CBr.CCOC(=O)CC1(O)CCC(C)(C)c2cc(C3(C)OCCO3)ccc21.CCOC(=O)CC1=CCC(C)(C)c2cc(C(=O)/C=C/c3ccc(C(=O)O)cc3)ccc21.CCOC(=O)CC1=CCC(C)(C)c2cc(C(C)=O)ccc21.CCc1ccc2c(c1)C(C)(C)CCC2=O.O=Cc1ccc(C(=O)O)cc1.[Zn]. The van der Waals surface area contributed by atoms with E-state index in [1.165, 1.54) is 53.6 Å². The fraction of sp³-hybridized carbons (Fsp3) is 0.443. The van der Waals surface area contributed by atoms with Gasteiger partial charge in [-0.1, -0.05) is 201 Å². The number of carboxylic acids is 2. The van der Waals surface area contributed by atoms with Crippen molar-refractivity contribution in [3.05, 3.63) is 263 Å². The first kappa shape index (κ1) is 107. The molecule has 0 aromatic heterocycles. The van der Waals surface area contributed by atoms with Gasteiger partial charge in [-0.25, -0.2) is 9.59 Å². The van der Waals surface area contributed by atoms with Crippen LogP contribution in [0.5, 0.6) is 0 Å². The summed E-state index contributed by atoms with van der Waals surface area (Å²) in [5.41, 5.74) is 17.1. The number of benzene rings is 7. The predicted molar refractivity (Wildman–Crippen MR) is 500 cm³/mol. The minimum atomic E-state index is -1.19. The number of hydrogen-bond acceptors (Lipinski definition) is 20. The van der Waals surface area contributed by atoms with E-state index >= 15 is 0 Å². The normalized spacial score (nSPS) is 18.2. The van der Waals surface area contributed by atoms with Gasteiger partial charge in [-0.15, -0.1) is 0 Å². The third-order valence-corrected chi connectivity index (χ3v) is 25.0. The van der Waals surface area contributed by atoms with E-state index in [0.29, 0.717) is 101 Å². The molecule has 0 spiro atoms. The molecule has 2 aliphatic heterocycles. The van der Waals surface area contributed by atoms with E-state index in [0.717, 1.165) is 122 Å². The summed E-state index contributed by atoms with van der Waals surface area (Å²) in [4.78, 5) is 125. The number of halogens is 1. The maximum atomic E-state index is 12.8. The zero-order chi connectivity index (χ0) is 95.2. The van der Waals surface area contributed by atoms with Crippen molar-refractivity contribution in [3.8, 4) is 0 Å². The molecule has 0 amide bonds. The number of rotatable bonds is 21. The number of esters is 4. The van der Waals surface area contributed by atoms with Crippen molar-refractivity contribution in [2.75, 3.05) is 58.2 Å². The van der Waals surface area contributed by atoms with Gasteiger partial charge in [0.1, 0.15) is 17.2 Å². The molecule has 7 aromatic carbocycles. The molecule has 0 radical (unpaired) electrons.